The predicted octanol–water partition coefficient (Wildman–Crippen LogP) is 6.78. The summed E-state index contributed by atoms with van der Waals surface area (Å²) in [6, 6.07) is 4.94. The first-order valence-electron chi connectivity index (χ1n) is 20.3. The van der Waals surface area contributed by atoms with Gasteiger partial charge in [0.15, 0.2) is 22.3 Å². The lowest BCUT2D eigenvalue weighted by molar-refractivity contribution is -0.160. The number of aromatic nitrogens is 1. The van der Waals surface area contributed by atoms with Gasteiger partial charge in [0.05, 0.1) is 41.6 Å². The number of esters is 1. The minimum atomic E-state index is -2.04. The Hall–Kier alpha value is -5.77. The number of methoxy groups -OCH3 is 1. The minimum Gasteiger partial charge on any atom is -0.505 e. The molecule has 0 radical (unpaired) electrons. The van der Waals surface area contributed by atoms with Gasteiger partial charge in [0.2, 0.25) is 0 Å². The topological polar surface area (TPSA) is 213 Å². The Morgan fingerprint density at radius 2 is 1.69 bits per heavy atom. The lowest BCUT2D eigenvalue weighted by Gasteiger charge is -2.38. The second-order valence-electron chi connectivity index (χ2n) is 16.5. The molecule has 4 aromatic rings. The molecule has 1 amide bonds. The number of allylic oxidation sites excluding steroid dienone is 2. The molecule has 9 atom stereocenters. The molecular formula is C46H54N2O13. The van der Waals surface area contributed by atoms with Crippen molar-refractivity contribution in [3.8, 4) is 17.2 Å². The third-order valence-electron chi connectivity index (χ3n) is 11.7. The number of hydrogen-bond donors (Lipinski definition) is 4. The number of ether oxygens (including phenoxy) is 5. The molecule has 0 unspecified atom stereocenters. The smallest absolute Gasteiger partial charge is 0.312 e. The van der Waals surface area contributed by atoms with E-state index in [4.69, 9.17) is 33.1 Å². The number of amides is 1. The van der Waals surface area contributed by atoms with Gasteiger partial charge in [-0.05, 0) is 45.9 Å². The molecule has 0 fully saturated rings. The van der Waals surface area contributed by atoms with Crippen molar-refractivity contribution in [3.05, 3.63) is 75.7 Å². The third-order valence-corrected chi connectivity index (χ3v) is 11.7. The minimum absolute atomic E-state index is 0.00952. The number of phenols is 1. The highest BCUT2D eigenvalue weighted by atomic mass is 16.7. The summed E-state index contributed by atoms with van der Waals surface area (Å²) in [5.41, 5.74) is -0.522. The Labute approximate surface area is 353 Å². The molecule has 0 spiro atoms. The van der Waals surface area contributed by atoms with Crippen LogP contribution < -0.4 is 20.2 Å². The van der Waals surface area contributed by atoms with Gasteiger partial charge in [0.1, 0.15) is 34.3 Å². The first kappa shape index (κ1) is 44.8. The molecule has 3 aromatic carbocycles. The van der Waals surface area contributed by atoms with Gasteiger partial charge in [-0.15, -0.1) is 0 Å². The molecule has 0 saturated carbocycles. The Morgan fingerprint density at radius 1 is 0.984 bits per heavy atom. The van der Waals surface area contributed by atoms with Crippen molar-refractivity contribution in [1.29, 1.82) is 0 Å². The molecule has 0 saturated heterocycles. The summed E-state index contributed by atoms with van der Waals surface area (Å²) in [5, 5.41) is 37.3. The van der Waals surface area contributed by atoms with E-state index in [0.717, 1.165) is 0 Å². The number of anilines is 1. The number of hydrogen-bond acceptors (Lipinski definition) is 14. The van der Waals surface area contributed by atoms with E-state index in [9.17, 15) is 34.5 Å². The Morgan fingerprint density at radius 3 is 2.34 bits per heavy atom. The van der Waals surface area contributed by atoms with E-state index < -0.39 is 82.7 Å². The van der Waals surface area contributed by atoms with Gasteiger partial charge < -0.3 is 48.7 Å². The van der Waals surface area contributed by atoms with Crippen molar-refractivity contribution in [3.63, 3.8) is 0 Å². The number of rotatable bonds is 4. The van der Waals surface area contributed by atoms with Gasteiger partial charge in [-0.1, -0.05) is 45.9 Å². The Kier molecular flexibility index (Phi) is 12.7. The van der Waals surface area contributed by atoms with Crippen molar-refractivity contribution in [2.45, 2.75) is 106 Å². The van der Waals surface area contributed by atoms with Crippen molar-refractivity contribution in [2.75, 3.05) is 12.4 Å². The summed E-state index contributed by atoms with van der Waals surface area (Å²) in [4.78, 5) is 60.0. The maximum atomic E-state index is 14.6. The van der Waals surface area contributed by atoms with Gasteiger partial charge in [-0.3, -0.25) is 19.2 Å². The van der Waals surface area contributed by atoms with Crippen molar-refractivity contribution < 1.29 is 57.8 Å². The van der Waals surface area contributed by atoms with Crippen LogP contribution in [0.4, 0.5) is 5.69 Å². The van der Waals surface area contributed by atoms with Crippen molar-refractivity contribution in [1.82, 2.24) is 4.98 Å². The quantitative estimate of drug-likeness (QED) is 0.0722. The molecule has 4 bridgehead atoms. The number of phenolic OH excluding ortho intramolecular Hbond substituents is 1. The maximum Gasteiger partial charge on any atom is 0.312 e. The average Bonchev–Trinajstić information content (AvgIpc) is 3.48. The number of nitrogens with one attached hydrogen (secondary N) is 1. The van der Waals surface area contributed by atoms with Gasteiger partial charge in [-0.25, -0.2) is 4.98 Å². The van der Waals surface area contributed by atoms with Crippen LogP contribution in [0.3, 0.4) is 0 Å². The van der Waals surface area contributed by atoms with E-state index >= 15 is 0 Å². The van der Waals surface area contributed by atoms with Gasteiger partial charge >= 0.3 is 11.8 Å². The van der Waals surface area contributed by atoms with E-state index in [1.54, 1.807) is 58.0 Å². The number of benzene rings is 3. The number of aliphatic hydroxyl groups excluding tert-OH is 2. The fourth-order valence-electron chi connectivity index (χ4n) is 8.13. The normalized spacial score (nSPS) is 29.6. The van der Waals surface area contributed by atoms with E-state index in [1.807, 2.05) is 13.8 Å². The van der Waals surface area contributed by atoms with Gasteiger partial charge in [0.25, 0.3) is 11.7 Å². The molecule has 4 N–H and O–H groups in total. The Balaban J connectivity index is 1.60. The standard InChI is InChI=1S/C46H54N2O13/c1-20(2)58-28-15-16-29-31(19-28)60-43-35(47-29)32-33-39(52)26(8)42-34(32)44(54)46(10,61-42)57-18-17-30(56-11)23(5)41(59-27(9)49)25(7)38(51)24(6)37(50)21(3)13-12-14-22(4)45(55)48-36(43)40(33)53/h12-21,23-25,30,37-38,41,50-51,53H,1-11H3,(H,48,55)/b13-12+,18-17+,22-14-/t21-,23+,24+,25+,30-,37-,38+,41+,46-/m0/s1. The number of aliphatic hydroxyl groups is 2. The summed E-state index contributed by atoms with van der Waals surface area (Å²) in [5.74, 6) is -6.79. The number of fused-ring (bicyclic) bond motifs is 2. The van der Waals surface area contributed by atoms with E-state index in [-0.39, 0.29) is 61.7 Å². The number of carbonyl (C=O) groups excluding carboxylic acids is 3. The summed E-state index contributed by atoms with van der Waals surface area (Å²) in [6.07, 6.45) is 3.43. The van der Waals surface area contributed by atoms with E-state index in [2.05, 4.69) is 5.32 Å². The number of ketones is 1. The monoisotopic (exact) mass is 842 g/mol. The molecule has 326 valence electrons. The molecule has 3 heterocycles. The lowest BCUT2D eigenvalue weighted by atomic mass is 9.78. The van der Waals surface area contributed by atoms with Gasteiger partial charge in [0, 0.05) is 67.2 Å². The molecule has 61 heavy (non-hydrogen) atoms. The second kappa shape index (κ2) is 17.3. The van der Waals surface area contributed by atoms with Crippen LogP contribution in [0.25, 0.3) is 33.0 Å². The molecule has 0 aliphatic carbocycles. The Bertz CT molecular complexity index is 2560. The summed E-state index contributed by atoms with van der Waals surface area (Å²) >= 11 is 0. The molecule has 1 aromatic heterocycles. The van der Waals surface area contributed by atoms with E-state index in [1.165, 1.54) is 53.2 Å². The van der Waals surface area contributed by atoms with Crippen LogP contribution in [0, 0.1) is 30.6 Å². The lowest BCUT2D eigenvalue weighted by Crippen LogP contribution is -2.46. The van der Waals surface area contributed by atoms with Crippen LogP contribution in [-0.4, -0.2) is 81.4 Å². The summed E-state index contributed by atoms with van der Waals surface area (Å²) in [6.45, 7) is 16.3. The highest BCUT2D eigenvalue weighted by Crippen LogP contribution is 2.48. The molecule has 6 rings (SSSR count). The highest BCUT2D eigenvalue weighted by Gasteiger charge is 2.49. The first-order chi connectivity index (χ1) is 28.7. The highest BCUT2D eigenvalue weighted by molar-refractivity contribution is 6.26. The average molecular weight is 843 g/mol. The maximum absolute atomic E-state index is 14.6. The number of aromatic hydroxyl groups is 1. The SMILES string of the molecule is CO[C@H]1/C=C/O[C@@]2(C)Oc3c(C)c(=O)c4c(O)c(c5oc6cc(OC(C)C)ccc6nc5c4c3C2=O)NC(=O)/C(C)=C\C=C\[C@H](C)[C@H](O)[C@@H](C)[C@@H](O)[C@@H](C)[C@H](OC(C)=O)[C@@H]1C. The van der Waals surface area contributed by atoms with Crippen molar-refractivity contribution in [2.24, 2.45) is 23.7 Å². The van der Waals surface area contributed by atoms with Gasteiger partial charge in [-0.2, -0.15) is 0 Å². The van der Waals surface area contributed by atoms with Crippen LogP contribution in [0.15, 0.2) is 63.6 Å². The third kappa shape index (κ3) is 8.33. The summed E-state index contributed by atoms with van der Waals surface area (Å²) < 4.78 is 36.0. The fraction of sp³-hybridized carbons (Fsp3) is 0.457. The van der Waals surface area contributed by atoms with Crippen LogP contribution in [0.2, 0.25) is 0 Å². The molecule has 15 nitrogen and oxygen atoms in total. The first-order valence-corrected chi connectivity index (χ1v) is 20.3. The van der Waals surface area contributed by atoms with Crippen LogP contribution in [-0.2, 0) is 23.8 Å². The summed E-state index contributed by atoms with van der Waals surface area (Å²) in [7, 11) is 1.44. The number of nitrogens with zero attached hydrogens (tertiary/aromatic N) is 1. The number of carbonyl (C=O) groups is 3. The second-order valence-corrected chi connectivity index (χ2v) is 16.5. The zero-order valence-corrected chi connectivity index (χ0v) is 36.2. The largest absolute Gasteiger partial charge is 0.505 e. The van der Waals surface area contributed by atoms with E-state index in [0.29, 0.717) is 11.3 Å². The van der Waals surface area contributed by atoms with Crippen LogP contribution in [0.1, 0.15) is 78.2 Å². The van der Waals surface area contributed by atoms with Crippen LogP contribution >= 0.6 is 0 Å². The zero-order chi connectivity index (χ0) is 44.8. The molecule has 15 heteroatoms. The predicted molar refractivity (Wildman–Crippen MR) is 228 cm³/mol. The fourth-order valence-corrected chi connectivity index (χ4v) is 8.13. The zero-order valence-electron chi connectivity index (χ0n) is 36.2. The molecular weight excluding hydrogens is 789 g/mol. The van der Waals surface area contributed by atoms with Crippen LogP contribution in [0.5, 0.6) is 17.2 Å². The molecule has 2 aliphatic rings. The molecule has 2 aliphatic heterocycles. The van der Waals surface area contributed by atoms with Crippen molar-refractivity contribution >= 4 is 56.3 Å². The number of Topliss-reactive ketones (excluding diaryl/α,β-unsaturated/α-hetero) is 1.